The molecule has 34 heavy (non-hydrogen) atoms. The number of tetrazole rings is 1. The first-order valence-corrected chi connectivity index (χ1v) is 11.0. The highest BCUT2D eigenvalue weighted by atomic mass is 19.1. The number of benzene rings is 2. The summed E-state index contributed by atoms with van der Waals surface area (Å²) in [6.45, 7) is 5.70. The molecule has 1 atom stereocenters. The summed E-state index contributed by atoms with van der Waals surface area (Å²) in [6.07, 6.45) is 4.19. The van der Waals surface area contributed by atoms with Gasteiger partial charge in [0.25, 0.3) is 0 Å². The first-order valence-electron chi connectivity index (χ1n) is 11.0. The van der Waals surface area contributed by atoms with Crippen LogP contribution in [0.15, 0.2) is 60.9 Å². The van der Waals surface area contributed by atoms with Gasteiger partial charge >= 0.3 is 6.09 Å². The van der Waals surface area contributed by atoms with E-state index < -0.39 is 6.09 Å². The van der Waals surface area contributed by atoms with Crippen LogP contribution in [0.2, 0.25) is 0 Å². The number of hydrogen-bond donors (Lipinski definition) is 1. The molecule has 2 heterocycles. The number of rotatable bonds is 7. The van der Waals surface area contributed by atoms with Gasteiger partial charge in [0, 0.05) is 30.4 Å². The molecule has 9 heteroatoms. The minimum Gasteiger partial charge on any atom is -0.410 e. The maximum atomic E-state index is 14.8. The Morgan fingerprint density at radius 2 is 1.94 bits per heavy atom. The second-order valence-corrected chi connectivity index (χ2v) is 7.99. The molecule has 0 saturated heterocycles. The first-order chi connectivity index (χ1) is 16.4. The van der Waals surface area contributed by atoms with Crippen LogP contribution in [0.25, 0.3) is 16.8 Å². The van der Waals surface area contributed by atoms with Crippen molar-refractivity contribution in [2.45, 2.75) is 39.7 Å². The molecule has 0 fully saturated rings. The van der Waals surface area contributed by atoms with E-state index in [0.29, 0.717) is 29.1 Å². The van der Waals surface area contributed by atoms with E-state index in [1.807, 2.05) is 39.0 Å². The molecule has 1 amide bonds. The van der Waals surface area contributed by atoms with Crippen LogP contribution < -0.4 is 10.1 Å². The summed E-state index contributed by atoms with van der Waals surface area (Å²) in [7, 11) is 0. The average molecular weight is 461 g/mol. The number of amides is 1. The fraction of sp³-hybridized carbons (Fsp3) is 0.240. The molecule has 0 aliphatic heterocycles. The van der Waals surface area contributed by atoms with Gasteiger partial charge in [-0.15, -0.1) is 5.10 Å². The molecule has 0 saturated carbocycles. The van der Waals surface area contributed by atoms with Crippen LogP contribution in [0.1, 0.15) is 43.3 Å². The third-order valence-corrected chi connectivity index (χ3v) is 5.33. The molecule has 174 valence electrons. The Morgan fingerprint density at radius 1 is 1.15 bits per heavy atom. The zero-order valence-electron chi connectivity index (χ0n) is 19.2. The lowest BCUT2D eigenvalue weighted by Crippen LogP contribution is -2.29. The Kier molecular flexibility index (Phi) is 6.91. The zero-order chi connectivity index (χ0) is 24.1. The number of nitrogens with one attached hydrogen (secondary N) is 1. The minimum atomic E-state index is -0.637. The van der Waals surface area contributed by atoms with Gasteiger partial charge < -0.3 is 10.1 Å². The number of hydrogen-bond acceptors (Lipinski definition) is 6. The van der Waals surface area contributed by atoms with Crippen molar-refractivity contribution in [1.29, 1.82) is 0 Å². The van der Waals surface area contributed by atoms with Crippen molar-refractivity contribution >= 4 is 6.09 Å². The maximum Gasteiger partial charge on any atom is 0.413 e. The van der Waals surface area contributed by atoms with Crippen LogP contribution in [-0.2, 0) is 6.42 Å². The van der Waals surface area contributed by atoms with E-state index in [2.05, 4.69) is 25.8 Å². The SMILES string of the molecule is CCCc1nnnn1-c1cc(OC(=O)NC(C)c2ccncc2)cc(-c2ccc(C)cc2F)c1. The van der Waals surface area contributed by atoms with Crippen LogP contribution >= 0.6 is 0 Å². The number of carbonyl (C=O) groups is 1. The van der Waals surface area contributed by atoms with Gasteiger partial charge in [0.2, 0.25) is 0 Å². The highest BCUT2D eigenvalue weighted by molar-refractivity contribution is 5.74. The van der Waals surface area contributed by atoms with Crippen LogP contribution in [0, 0.1) is 12.7 Å². The smallest absolute Gasteiger partial charge is 0.410 e. The lowest BCUT2D eigenvalue weighted by atomic mass is 10.0. The van der Waals surface area contributed by atoms with Crippen LogP contribution in [0.3, 0.4) is 0 Å². The third-order valence-electron chi connectivity index (χ3n) is 5.33. The normalized spacial score (nSPS) is 11.8. The van der Waals surface area contributed by atoms with Crippen molar-refractivity contribution in [3.05, 3.63) is 83.7 Å². The number of nitrogens with zero attached hydrogens (tertiary/aromatic N) is 5. The van der Waals surface area contributed by atoms with Gasteiger partial charge in [-0.2, -0.15) is 4.68 Å². The van der Waals surface area contributed by atoms with Crippen molar-refractivity contribution in [3.8, 4) is 22.6 Å². The van der Waals surface area contributed by atoms with Crippen molar-refractivity contribution < 1.29 is 13.9 Å². The Balaban J connectivity index is 1.68. The van der Waals surface area contributed by atoms with Gasteiger partial charge in [-0.05, 0) is 77.7 Å². The number of aryl methyl sites for hydroxylation is 2. The van der Waals surface area contributed by atoms with Crippen LogP contribution in [0.4, 0.5) is 9.18 Å². The Morgan fingerprint density at radius 3 is 2.68 bits per heavy atom. The molecule has 0 aliphatic carbocycles. The quantitative estimate of drug-likeness (QED) is 0.418. The van der Waals surface area contributed by atoms with Gasteiger partial charge in [-0.1, -0.05) is 19.1 Å². The molecule has 0 aliphatic rings. The number of pyridine rings is 1. The van der Waals surface area contributed by atoms with E-state index in [9.17, 15) is 9.18 Å². The van der Waals surface area contributed by atoms with Gasteiger partial charge in [0.15, 0.2) is 5.82 Å². The largest absolute Gasteiger partial charge is 0.413 e. The fourth-order valence-corrected chi connectivity index (χ4v) is 3.61. The molecule has 0 spiro atoms. The Hall–Kier alpha value is -4.14. The topological polar surface area (TPSA) is 94.8 Å². The summed E-state index contributed by atoms with van der Waals surface area (Å²) in [5, 5.41) is 14.7. The van der Waals surface area contributed by atoms with Crippen molar-refractivity contribution in [1.82, 2.24) is 30.5 Å². The van der Waals surface area contributed by atoms with Crippen LogP contribution in [0.5, 0.6) is 5.75 Å². The molecule has 1 N–H and O–H groups in total. The second-order valence-electron chi connectivity index (χ2n) is 7.99. The highest BCUT2D eigenvalue weighted by Crippen LogP contribution is 2.30. The molecular weight excluding hydrogens is 435 g/mol. The molecule has 1 unspecified atom stereocenters. The number of carbonyl (C=O) groups excluding carboxylic acids is 1. The van der Waals surface area contributed by atoms with E-state index in [0.717, 1.165) is 17.5 Å². The molecule has 0 radical (unpaired) electrons. The van der Waals surface area contributed by atoms with Crippen LogP contribution in [-0.4, -0.2) is 31.3 Å². The van der Waals surface area contributed by atoms with Gasteiger partial charge in [-0.25, -0.2) is 9.18 Å². The van der Waals surface area contributed by atoms with Gasteiger partial charge in [0.1, 0.15) is 11.6 Å². The fourth-order valence-electron chi connectivity index (χ4n) is 3.61. The summed E-state index contributed by atoms with van der Waals surface area (Å²) < 4.78 is 22.0. The van der Waals surface area contributed by atoms with E-state index in [1.165, 1.54) is 6.07 Å². The lowest BCUT2D eigenvalue weighted by Gasteiger charge is -2.15. The standard InChI is InChI=1S/C25H25FN6O2/c1-4-5-24-29-30-31-32(24)20-13-19(22-7-6-16(2)12-23(22)26)14-21(15-20)34-25(33)28-17(3)18-8-10-27-11-9-18/h6-15,17H,4-5H2,1-3H3,(H,28,33). The Bertz CT molecular complexity index is 1290. The van der Waals surface area contributed by atoms with Crippen molar-refractivity contribution in [2.24, 2.45) is 0 Å². The van der Waals surface area contributed by atoms with E-state index in [4.69, 9.17) is 4.74 Å². The van der Waals surface area contributed by atoms with Gasteiger partial charge in [-0.3, -0.25) is 4.98 Å². The summed E-state index contributed by atoms with van der Waals surface area (Å²) in [5.41, 5.74) is 3.19. The molecule has 8 nitrogen and oxygen atoms in total. The van der Waals surface area contributed by atoms with E-state index in [1.54, 1.807) is 41.3 Å². The van der Waals surface area contributed by atoms with Crippen molar-refractivity contribution in [3.63, 3.8) is 0 Å². The summed E-state index contributed by atoms with van der Waals surface area (Å²) in [4.78, 5) is 16.6. The maximum absolute atomic E-state index is 14.8. The second kappa shape index (κ2) is 10.2. The Labute approximate surface area is 196 Å². The first kappa shape index (κ1) is 23.0. The van der Waals surface area contributed by atoms with Gasteiger partial charge in [0.05, 0.1) is 11.7 Å². The predicted molar refractivity (Wildman–Crippen MR) is 125 cm³/mol. The minimum absolute atomic E-state index is 0.241. The number of ether oxygens (including phenoxy) is 1. The van der Waals surface area contributed by atoms with Crippen molar-refractivity contribution in [2.75, 3.05) is 0 Å². The summed E-state index contributed by atoms with van der Waals surface area (Å²) in [5.74, 6) is 0.528. The molecule has 0 bridgehead atoms. The molecular formula is C25H25FN6O2. The molecule has 4 rings (SSSR count). The van der Waals surface area contributed by atoms with E-state index >= 15 is 0 Å². The molecule has 4 aromatic rings. The number of halogens is 1. The summed E-state index contributed by atoms with van der Waals surface area (Å²) >= 11 is 0. The molecule has 2 aromatic heterocycles. The number of aromatic nitrogens is 5. The third kappa shape index (κ3) is 5.25. The summed E-state index contributed by atoms with van der Waals surface area (Å²) in [6, 6.07) is 13.4. The zero-order valence-corrected chi connectivity index (χ0v) is 19.2. The molecule has 2 aromatic carbocycles. The van der Waals surface area contributed by atoms with E-state index in [-0.39, 0.29) is 17.6 Å². The highest BCUT2D eigenvalue weighted by Gasteiger charge is 2.16. The predicted octanol–water partition coefficient (Wildman–Crippen LogP) is 4.97. The lowest BCUT2D eigenvalue weighted by molar-refractivity contribution is 0.197. The monoisotopic (exact) mass is 460 g/mol. The average Bonchev–Trinajstić information content (AvgIpc) is 3.28.